The molecule has 0 saturated carbocycles. The molecule has 0 aliphatic carbocycles. The molecule has 0 radical (unpaired) electrons. The van der Waals surface area contributed by atoms with E-state index in [1.165, 1.54) is 0 Å². The topological polar surface area (TPSA) is 29.5 Å². The van der Waals surface area contributed by atoms with Gasteiger partial charge < -0.3 is 9.84 Å². The molecule has 0 saturated heterocycles. The van der Waals surface area contributed by atoms with Crippen LogP contribution >= 0.6 is 23.2 Å². The summed E-state index contributed by atoms with van der Waals surface area (Å²) in [4.78, 5) is 0. The largest absolute Gasteiger partial charge is 0.389 e. The zero-order chi connectivity index (χ0) is 7.82. The van der Waals surface area contributed by atoms with Gasteiger partial charge in [0.25, 0.3) is 0 Å². The summed E-state index contributed by atoms with van der Waals surface area (Å²) in [5, 5.41) is 8.87. The van der Waals surface area contributed by atoms with Crippen molar-refractivity contribution in [3.63, 3.8) is 0 Å². The van der Waals surface area contributed by atoms with E-state index in [0.29, 0.717) is 19.1 Å². The van der Waals surface area contributed by atoms with Crippen molar-refractivity contribution in [1.29, 1.82) is 0 Å². The molecule has 0 spiro atoms. The van der Waals surface area contributed by atoms with Crippen LogP contribution in [0.3, 0.4) is 0 Å². The van der Waals surface area contributed by atoms with Gasteiger partial charge in [-0.2, -0.15) is 0 Å². The third kappa shape index (κ3) is 6.62. The SMILES string of the molecule is OC(CCl)COCCCCl. The van der Waals surface area contributed by atoms with Crippen LogP contribution in [0.15, 0.2) is 0 Å². The molecule has 1 unspecified atom stereocenters. The first kappa shape index (κ1) is 10.5. The van der Waals surface area contributed by atoms with Crippen molar-refractivity contribution in [1.82, 2.24) is 0 Å². The molecule has 0 aliphatic heterocycles. The van der Waals surface area contributed by atoms with E-state index in [9.17, 15) is 0 Å². The maximum atomic E-state index is 8.87. The van der Waals surface area contributed by atoms with Gasteiger partial charge in [0.05, 0.1) is 18.6 Å². The summed E-state index contributed by atoms with van der Waals surface area (Å²) in [6.07, 6.45) is 0.272. The average molecular weight is 187 g/mol. The highest BCUT2D eigenvalue weighted by molar-refractivity contribution is 6.18. The summed E-state index contributed by atoms with van der Waals surface area (Å²) in [7, 11) is 0. The van der Waals surface area contributed by atoms with Crippen molar-refractivity contribution in [2.24, 2.45) is 0 Å². The average Bonchev–Trinajstić information content (AvgIpc) is 1.98. The number of ether oxygens (including phenoxy) is 1. The molecule has 0 rings (SSSR count). The molecule has 1 N–H and O–H groups in total. The summed E-state index contributed by atoms with van der Waals surface area (Å²) >= 11 is 10.7. The van der Waals surface area contributed by atoms with Crippen molar-refractivity contribution in [3.05, 3.63) is 0 Å². The first-order valence-corrected chi connectivity index (χ1v) is 4.26. The molecule has 0 amide bonds. The summed E-state index contributed by atoms with van der Waals surface area (Å²) in [6.45, 7) is 0.901. The zero-order valence-electron chi connectivity index (χ0n) is 5.72. The molecule has 1 atom stereocenters. The Bertz CT molecular complexity index is 70.8. The third-order valence-electron chi connectivity index (χ3n) is 0.911. The molecule has 0 heterocycles. The zero-order valence-corrected chi connectivity index (χ0v) is 7.24. The summed E-state index contributed by atoms with van der Waals surface area (Å²) in [5.74, 6) is 0.817. The van der Waals surface area contributed by atoms with Gasteiger partial charge in [0, 0.05) is 12.5 Å². The van der Waals surface area contributed by atoms with Crippen LogP contribution in [0.5, 0.6) is 0 Å². The van der Waals surface area contributed by atoms with Gasteiger partial charge in [0.1, 0.15) is 0 Å². The number of aliphatic hydroxyl groups is 1. The second-order valence-electron chi connectivity index (χ2n) is 1.93. The van der Waals surface area contributed by atoms with E-state index in [-0.39, 0.29) is 5.88 Å². The van der Waals surface area contributed by atoms with Crippen molar-refractivity contribution >= 4 is 23.2 Å². The highest BCUT2D eigenvalue weighted by Crippen LogP contribution is 1.91. The van der Waals surface area contributed by atoms with Gasteiger partial charge in [0.2, 0.25) is 0 Å². The fourth-order valence-electron chi connectivity index (χ4n) is 0.421. The van der Waals surface area contributed by atoms with Crippen LogP contribution in [-0.2, 0) is 4.74 Å². The van der Waals surface area contributed by atoms with Crippen LogP contribution in [0, 0.1) is 0 Å². The number of hydrogen-bond donors (Lipinski definition) is 1. The van der Waals surface area contributed by atoms with Crippen molar-refractivity contribution < 1.29 is 9.84 Å². The van der Waals surface area contributed by atoms with Gasteiger partial charge in [-0.15, -0.1) is 23.2 Å². The third-order valence-corrected chi connectivity index (χ3v) is 1.53. The van der Waals surface area contributed by atoms with E-state index in [0.717, 1.165) is 6.42 Å². The van der Waals surface area contributed by atoms with E-state index in [2.05, 4.69) is 0 Å². The highest BCUT2D eigenvalue weighted by Gasteiger charge is 1.99. The first-order valence-electron chi connectivity index (χ1n) is 3.19. The van der Waals surface area contributed by atoms with Gasteiger partial charge in [0.15, 0.2) is 0 Å². The minimum absolute atomic E-state index is 0.223. The lowest BCUT2D eigenvalue weighted by Crippen LogP contribution is -2.17. The predicted octanol–water partition coefficient (Wildman–Crippen LogP) is 1.23. The van der Waals surface area contributed by atoms with E-state index >= 15 is 0 Å². The lowest BCUT2D eigenvalue weighted by Gasteiger charge is -2.06. The van der Waals surface area contributed by atoms with Gasteiger partial charge in [-0.3, -0.25) is 0 Å². The number of hydrogen-bond acceptors (Lipinski definition) is 2. The lowest BCUT2D eigenvalue weighted by atomic mass is 10.4. The van der Waals surface area contributed by atoms with E-state index in [1.807, 2.05) is 0 Å². The lowest BCUT2D eigenvalue weighted by molar-refractivity contribution is 0.0485. The van der Waals surface area contributed by atoms with Crippen molar-refractivity contribution in [2.75, 3.05) is 25.0 Å². The van der Waals surface area contributed by atoms with Crippen molar-refractivity contribution in [2.45, 2.75) is 12.5 Å². The molecular formula is C6H12Cl2O2. The van der Waals surface area contributed by atoms with Crippen LogP contribution in [0.25, 0.3) is 0 Å². The number of halogens is 2. The molecule has 0 fully saturated rings. The van der Waals surface area contributed by atoms with Gasteiger partial charge in [-0.1, -0.05) is 0 Å². The molecule has 2 nitrogen and oxygen atoms in total. The summed E-state index contributed by atoms with van der Waals surface area (Å²) in [6, 6.07) is 0. The molecule has 0 aromatic carbocycles. The molecular weight excluding hydrogens is 175 g/mol. The Hall–Kier alpha value is 0.500. The second-order valence-corrected chi connectivity index (χ2v) is 2.61. The predicted molar refractivity (Wildman–Crippen MR) is 42.9 cm³/mol. The maximum absolute atomic E-state index is 8.87. The molecule has 4 heteroatoms. The monoisotopic (exact) mass is 186 g/mol. The molecule has 0 bridgehead atoms. The van der Waals surface area contributed by atoms with Crippen LogP contribution in [-0.4, -0.2) is 36.2 Å². The van der Waals surface area contributed by atoms with Gasteiger partial charge >= 0.3 is 0 Å². The molecule has 0 aromatic heterocycles. The molecule has 0 aliphatic rings. The summed E-state index contributed by atoms with van der Waals surface area (Å²) in [5.41, 5.74) is 0. The Morgan fingerprint density at radius 3 is 2.60 bits per heavy atom. The highest BCUT2D eigenvalue weighted by atomic mass is 35.5. The Labute approximate surface area is 71.1 Å². The van der Waals surface area contributed by atoms with Crippen LogP contribution < -0.4 is 0 Å². The van der Waals surface area contributed by atoms with Crippen LogP contribution in [0.2, 0.25) is 0 Å². The van der Waals surface area contributed by atoms with E-state index < -0.39 is 6.10 Å². The van der Waals surface area contributed by atoms with Crippen LogP contribution in [0.1, 0.15) is 6.42 Å². The Balaban J connectivity index is 2.89. The summed E-state index contributed by atoms with van der Waals surface area (Å²) < 4.78 is 5.01. The Morgan fingerprint density at radius 1 is 1.40 bits per heavy atom. The van der Waals surface area contributed by atoms with E-state index in [1.54, 1.807) is 0 Å². The van der Waals surface area contributed by atoms with Gasteiger partial charge in [-0.25, -0.2) is 0 Å². The molecule has 10 heavy (non-hydrogen) atoms. The van der Waals surface area contributed by atoms with Crippen molar-refractivity contribution in [3.8, 4) is 0 Å². The number of aliphatic hydroxyl groups excluding tert-OH is 1. The van der Waals surface area contributed by atoms with E-state index in [4.69, 9.17) is 33.0 Å². The van der Waals surface area contributed by atoms with Gasteiger partial charge in [-0.05, 0) is 6.42 Å². The Morgan fingerprint density at radius 2 is 2.10 bits per heavy atom. The fraction of sp³-hybridized carbons (Fsp3) is 1.00. The normalized spacial score (nSPS) is 13.5. The maximum Gasteiger partial charge on any atom is 0.0908 e. The minimum atomic E-state index is -0.544. The fourth-order valence-corrected chi connectivity index (χ4v) is 0.619. The number of rotatable bonds is 6. The van der Waals surface area contributed by atoms with Crippen LogP contribution in [0.4, 0.5) is 0 Å². The molecule has 62 valence electrons. The molecule has 0 aromatic rings. The standard InChI is InChI=1S/C6H12Cl2O2/c7-2-1-3-10-5-6(9)4-8/h6,9H,1-5H2. The first-order chi connectivity index (χ1) is 4.81. The number of alkyl halides is 2. The smallest absolute Gasteiger partial charge is 0.0908 e. The Kier molecular flexibility index (Phi) is 7.99. The second kappa shape index (κ2) is 7.61. The minimum Gasteiger partial charge on any atom is -0.389 e. The quantitative estimate of drug-likeness (QED) is 0.500.